The number of para-hydroxylation sites is 1. The summed E-state index contributed by atoms with van der Waals surface area (Å²) in [4.78, 5) is 36.7. The Morgan fingerprint density at radius 2 is 1.71 bits per heavy atom. The summed E-state index contributed by atoms with van der Waals surface area (Å²) in [6, 6.07) is 14.0. The molecule has 0 radical (unpaired) electrons. The Labute approximate surface area is 189 Å². The van der Waals surface area contributed by atoms with Crippen LogP contribution in [0.2, 0.25) is 0 Å². The van der Waals surface area contributed by atoms with E-state index in [9.17, 15) is 32.9 Å². The van der Waals surface area contributed by atoms with Crippen molar-refractivity contribution in [1.29, 1.82) is 0 Å². The van der Waals surface area contributed by atoms with Crippen molar-refractivity contribution in [3.05, 3.63) is 105 Å². The number of amides is 1. The summed E-state index contributed by atoms with van der Waals surface area (Å²) in [5.74, 6) is -1.65. The molecule has 0 atom stereocenters. The van der Waals surface area contributed by atoms with Gasteiger partial charge in [0.25, 0.3) is 11.6 Å². The van der Waals surface area contributed by atoms with Gasteiger partial charge in [-0.25, -0.2) is 0 Å². The third-order valence-electron chi connectivity index (χ3n) is 5.12. The van der Waals surface area contributed by atoms with Crippen molar-refractivity contribution in [2.45, 2.75) is 6.18 Å². The van der Waals surface area contributed by atoms with Crippen LogP contribution < -0.4 is 11.1 Å². The number of nitrogens with zero attached hydrogens (tertiary/aromatic N) is 2. The van der Waals surface area contributed by atoms with Gasteiger partial charge < -0.3 is 15.5 Å². The molecule has 3 N–H and O–H groups in total. The fourth-order valence-corrected chi connectivity index (χ4v) is 3.62. The largest absolute Gasteiger partial charge is 0.418 e. The number of fused-ring (bicyclic) bond motifs is 1. The van der Waals surface area contributed by atoms with Crippen molar-refractivity contribution in [2.75, 3.05) is 11.1 Å². The van der Waals surface area contributed by atoms with Crippen LogP contribution in [-0.4, -0.2) is 21.0 Å². The molecule has 0 fully saturated rings. The standard InChI is InChI=1S/C23H15F3N4O4/c24-23(25,26)15-8-1-2-9-16(15)28-22(32)18-17-10-3-4-11-29(17)20(19(18)27)21(31)13-6-5-7-14(12-13)30(33)34/h1-12H,27H2,(H,28,32). The zero-order valence-electron chi connectivity index (χ0n) is 17.2. The summed E-state index contributed by atoms with van der Waals surface area (Å²) in [6.07, 6.45) is -3.25. The minimum Gasteiger partial charge on any atom is -0.396 e. The molecule has 0 aliphatic rings. The monoisotopic (exact) mass is 468 g/mol. The maximum Gasteiger partial charge on any atom is 0.418 e. The first kappa shape index (κ1) is 22.5. The predicted molar refractivity (Wildman–Crippen MR) is 118 cm³/mol. The van der Waals surface area contributed by atoms with Crippen molar-refractivity contribution in [3.8, 4) is 0 Å². The van der Waals surface area contributed by atoms with E-state index in [1.54, 1.807) is 12.1 Å². The Balaban J connectivity index is 1.82. The quantitative estimate of drug-likeness (QED) is 0.244. The molecule has 0 bridgehead atoms. The van der Waals surface area contributed by atoms with E-state index in [1.807, 2.05) is 0 Å². The highest BCUT2D eigenvalue weighted by Crippen LogP contribution is 2.36. The minimum atomic E-state index is -4.71. The summed E-state index contributed by atoms with van der Waals surface area (Å²) in [6.45, 7) is 0. The molecule has 2 heterocycles. The maximum atomic E-state index is 13.3. The number of nitrogens with one attached hydrogen (secondary N) is 1. The smallest absolute Gasteiger partial charge is 0.396 e. The van der Waals surface area contributed by atoms with E-state index >= 15 is 0 Å². The van der Waals surface area contributed by atoms with E-state index in [0.29, 0.717) is 0 Å². The Morgan fingerprint density at radius 3 is 2.41 bits per heavy atom. The number of alkyl halides is 3. The molecule has 0 unspecified atom stereocenters. The third-order valence-corrected chi connectivity index (χ3v) is 5.12. The Morgan fingerprint density at radius 1 is 1.00 bits per heavy atom. The van der Waals surface area contributed by atoms with Gasteiger partial charge in [0.15, 0.2) is 0 Å². The van der Waals surface area contributed by atoms with Crippen LogP contribution in [0, 0.1) is 10.1 Å². The second kappa shape index (κ2) is 8.35. The van der Waals surface area contributed by atoms with Gasteiger partial charge in [-0.15, -0.1) is 0 Å². The van der Waals surface area contributed by atoms with E-state index in [4.69, 9.17) is 5.73 Å². The van der Waals surface area contributed by atoms with Gasteiger partial charge in [-0.2, -0.15) is 13.2 Å². The van der Waals surface area contributed by atoms with Crippen LogP contribution in [0.15, 0.2) is 72.9 Å². The van der Waals surface area contributed by atoms with Crippen LogP contribution in [0.4, 0.5) is 30.2 Å². The summed E-state index contributed by atoms with van der Waals surface area (Å²) in [5.41, 5.74) is 3.85. The Bertz CT molecular complexity index is 1460. The number of aromatic nitrogens is 1. The molecular formula is C23H15F3N4O4. The molecule has 2 aromatic heterocycles. The van der Waals surface area contributed by atoms with Gasteiger partial charge in [-0.1, -0.05) is 30.3 Å². The molecule has 0 saturated carbocycles. The summed E-state index contributed by atoms with van der Waals surface area (Å²) in [7, 11) is 0. The highest BCUT2D eigenvalue weighted by molar-refractivity contribution is 6.20. The van der Waals surface area contributed by atoms with Gasteiger partial charge in [-0.05, 0) is 24.3 Å². The molecule has 0 aliphatic carbocycles. The third kappa shape index (κ3) is 3.94. The molecule has 4 aromatic rings. The number of carbonyl (C=O) groups excluding carboxylic acids is 2. The number of hydrogen-bond donors (Lipinski definition) is 2. The Hall–Kier alpha value is -4.67. The fraction of sp³-hybridized carbons (Fsp3) is 0.0435. The number of hydrogen-bond acceptors (Lipinski definition) is 5. The summed E-state index contributed by atoms with van der Waals surface area (Å²) in [5, 5.41) is 13.3. The number of pyridine rings is 1. The minimum absolute atomic E-state index is 0.0430. The second-order valence-corrected chi connectivity index (χ2v) is 7.23. The van der Waals surface area contributed by atoms with Crippen molar-refractivity contribution < 1.29 is 27.7 Å². The lowest BCUT2D eigenvalue weighted by molar-refractivity contribution is -0.384. The molecule has 2 aromatic carbocycles. The normalized spacial score (nSPS) is 11.4. The van der Waals surface area contributed by atoms with Gasteiger partial charge in [-0.3, -0.25) is 19.7 Å². The predicted octanol–water partition coefficient (Wildman–Crippen LogP) is 4.93. The molecule has 1 amide bonds. The molecule has 11 heteroatoms. The molecule has 34 heavy (non-hydrogen) atoms. The van der Waals surface area contributed by atoms with Gasteiger partial charge in [0.1, 0.15) is 5.69 Å². The van der Waals surface area contributed by atoms with Crippen LogP contribution in [-0.2, 0) is 6.18 Å². The number of benzene rings is 2. The van der Waals surface area contributed by atoms with Gasteiger partial charge >= 0.3 is 6.18 Å². The van der Waals surface area contributed by atoms with Crippen LogP contribution in [0.5, 0.6) is 0 Å². The zero-order valence-corrected chi connectivity index (χ0v) is 17.2. The average molecular weight is 468 g/mol. The van der Waals surface area contributed by atoms with E-state index in [1.165, 1.54) is 47.0 Å². The molecule has 0 saturated heterocycles. The number of halogens is 3. The van der Waals surface area contributed by atoms with Crippen molar-refractivity contribution in [1.82, 2.24) is 4.40 Å². The number of nitro benzene ring substituents is 1. The highest BCUT2D eigenvalue weighted by Gasteiger charge is 2.34. The van der Waals surface area contributed by atoms with Crippen molar-refractivity contribution >= 4 is 34.3 Å². The van der Waals surface area contributed by atoms with Crippen LogP contribution >= 0.6 is 0 Å². The number of anilines is 2. The highest BCUT2D eigenvalue weighted by atomic mass is 19.4. The zero-order chi connectivity index (χ0) is 24.6. The van der Waals surface area contributed by atoms with Crippen LogP contribution in [0.1, 0.15) is 32.0 Å². The van der Waals surface area contributed by atoms with E-state index in [0.717, 1.165) is 18.2 Å². The number of nitrogens with two attached hydrogens (primary N) is 1. The van der Waals surface area contributed by atoms with Crippen LogP contribution in [0.25, 0.3) is 5.52 Å². The first-order valence-electron chi connectivity index (χ1n) is 9.75. The van der Waals surface area contributed by atoms with E-state index in [2.05, 4.69) is 5.32 Å². The van der Waals surface area contributed by atoms with Gasteiger partial charge in [0, 0.05) is 23.9 Å². The van der Waals surface area contributed by atoms with Gasteiger partial charge in [0.05, 0.1) is 32.9 Å². The lowest BCUT2D eigenvalue weighted by Crippen LogP contribution is -2.17. The summed E-state index contributed by atoms with van der Waals surface area (Å²) < 4.78 is 41.4. The van der Waals surface area contributed by atoms with Crippen LogP contribution in [0.3, 0.4) is 0 Å². The maximum absolute atomic E-state index is 13.3. The number of ketones is 1. The van der Waals surface area contributed by atoms with E-state index in [-0.39, 0.29) is 33.7 Å². The molecular weight excluding hydrogens is 453 g/mol. The second-order valence-electron chi connectivity index (χ2n) is 7.23. The molecule has 4 rings (SSSR count). The lowest BCUT2D eigenvalue weighted by atomic mass is 10.1. The summed E-state index contributed by atoms with van der Waals surface area (Å²) >= 11 is 0. The average Bonchev–Trinajstić information content (AvgIpc) is 3.10. The molecule has 0 aliphatic heterocycles. The molecule has 8 nitrogen and oxygen atoms in total. The molecule has 172 valence electrons. The Kier molecular flexibility index (Phi) is 5.53. The number of carbonyl (C=O) groups is 2. The fourth-order valence-electron chi connectivity index (χ4n) is 3.62. The van der Waals surface area contributed by atoms with Crippen molar-refractivity contribution in [2.24, 2.45) is 0 Å². The van der Waals surface area contributed by atoms with Crippen molar-refractivity contribution in [3.63, 3.8) is 0 Å². The lowest BCUT2D eigenvalue weighted by Gasteiger charge is -2.13. The topological polar surface area (TPSA) is 120 Å². The number of nitrogen functional groups attached to an aromatic ring is 1. The molecule has 0 spiro atoms. The van der Waals surface area contributed by atoms with Gasteiger partial charge in [0.2, 0.25) is 5.78 Å². The number of nitro groups is 1. The SMILES string of the molecule is Nc1c(C(=O)Nc2ccccc2C(F)(F)F)c2ccccn2c1C(=O)c1cccc([N+](=O)[O-])c1. The number of non-ortho nitro benzene ring substituents is 1. The first-order valence-corrected chi connectivity index (χ1v) is 9.75. The number of rotatable bonds is 5. The first-order chi connectivity index (χ1) is 16.1. The van der Waals surface area contributed by atoms with E-state index < -0.39 is 34.0 Å².